The van der Waals surface area contributed by atoms with E-state index >= 15 is 0 Å². The molecule has 0 saturated carbocycles. The summed E-state index contributed by atoms with van der Waals surface area (Å²) in [7, 11) is 0. The quantitative estimate of drug-likeness (QED) is 0.257. The van der Waals surface area contributed by atoms with Gasteiger partial charge in [0, 0.05) is 0 Å². The minimum Gasteiger partial charge on any atom is -0.876 e. The molecule has 0 saturated heterocycles. The molecule has 0 fully saturated rings. The molecule has 0 aliphatic rings. The number of hydrogen-bond acceptors (Lipinski definition) is 3. The molecule has 0 amide bonds. The molecule has 0 spiro atoms. The molecule has 0 aromatic heterocycles. The van der Waals surface area contributed by atoms with E-state index in [1.807, 2.05) is 0 Å². The first-order valence-electron chi connectivity index (χ1n) is 0.612. The average Bonchev–Trinajstić information content (AvgIpc) is 0.811. The van der Waals surface area contributed by atoms with Crippen LogP contribution in [0.3, 0.4) is 0 Å². The van der Waals surface area contributed by atoms with Gasteiger partial charge in [-0.1, -0.05) is 0 Å². The van der Waals surface area contributed by atoms with Gasteiger partial charge in [0.25, 0.3) is 0 Å². The first-order chi connectivity index (χ1) is 1.73. The van der Waals surface area contributed by atoms with Crippen LogP contribution in [0.2, 0.25) is 0 Å². The summed E-state index contributed by atoms with van der Waals surface area (Å²) in [5.74, 6) is 0. The molecule has 0 atom stereocenters. The molecule has 0 aromatic rings. The molecule has 0 rings (SSSR count). The van der Waals surface area contributed by atoms with Crippen molar-refractivity contribution in [3.05, 3.63) is 0 Å². The van der Waals surface area contributed by atoms with Gasteiger partial charge in [-0.3, -0.25) is 0 Å². The third-order valence-electron chi connectivity index (χ3n) is 0. The third kappa shape index (κ3) is 28.2. The minimum absolute atomic E-state index is 0. The van der Waals surface area contributed by atoms with Gasteiger partial charge in [-0.25, -0.2) is 0 Å². The molecule has 0 heterocycles. The molecular weight excluding hydrogens is 154 g/mol. The van der Waals surface area contributed by atoms with Crippen molar-refractivity contribution in [3.8, 4) is 0 Å². The molecule has 24 valence electrons. The fraction of sp³-hybridized carbons (Fsp3) is 0. The third-order valence-corrected chi connectivity index (χ3v) is 0. The van der Waals surface area contributed by atoms with Crippen molar-refractivity contribution in [2.45, 2.75) is 0 Å². The number of rotatable bonds is 0. The molecule has 0 aliphatic carbocycles. The summed E-state index contributed by atoms with van der Waals surface area (Å²) in [5.41, 5.74) is 0. The van der Waals surface area contributed by atoms with Crippen LogP contribution >= 0.6 is 12.2 Å². The van der Waals surface area contributed by atoms with Gasteiger partial charge < -0.3 is 10.2 Å². The topological polar surface area (TPSA) is 46.1 Å². The minimum atomic E-state index is -1.50. The van der Waals surface area contributed by atoms with Crippen LogP contribution in [0, 0.1) is 0 Å². The maximum absolute atomic E-state index is 8.70. The Morgan fingerprint density at radius 3 is 1.17 bits per heavy atom. The Hall–Kier alpha value is 2.96. The van der Waals surface area contributed by atoms with Crippen LogP contribution in [0.1, 0.15) is 0 Å². The maximum Gasteiger partial charge on any atom is 1.00 e. The molecule has 0 bridgehead atoms. The van der Waals surface area contributed by atoms with Crippen LogP contribution in [0.15, 0.2) is 0 Å². The van der Waals surface area contributed by atoms with Crippen LogP contribution in [0.25, 0.3) is 0 Å². The van der Waals surface area contributed by atoms with Gasteiger partial charge >= 0.3 is 103 Å². The van der Waals surface area contributed by atoms with Crippen molar-refractivity contribution >= 4 is 17.5 Å². The van der Waals surface area contributed by atoms with Crippen LogP contribution in [0.5, 0.6) is 0 Å². The summed E-state index contributed by atoms with van der Waals surface area (Å²) in [6.45, 7) is 0. The zero-order chi connectivity index (χ0) is 3.58. The fourth-order valence-electron chi connectivity index (χ4n) is 0. The molecular formula is CK2O2S. The molecule has 0 aliphatic heterocycles. The number of hydrogen-bond donors (Lipinski definition) is 0. The molecule has 6 heavy (non-hydrogen) atoms. The molecule has 0 N–H and O–H groups in total. The summed E-state index contributed by atoms with van der Waals surface area (Å²) < 4.78 is 0. The first-order valence-corrected chi connectivity index (χ1v) is 1.02. The Bertz CT molecular complexity index is 34.5. The van der Waals surface area contributed by atoms with Gasteiger partial charge in [-0.15, -0.1) is 17.5 Å². The summed E-state index contributed by atoms with van der Waals surface area (Å²) >= 11 is 3.43. The molecule has 0 aromatic carbocycles. The maximum atomic E-state index is 8.70. The molecule has 2 nitrogen and oxygen atoms in total. The SMILES string of the molecule is [K+].[K+].[O-]C([O-])=S. The smallest absolute Gasteiger partial charge is 0.876 e. The van der Waals surface area contributed by atoms with Crippen molar-refractivity contribution in [2.24, 2.45) is 0 Å². The van der Waals surface area contributed by atoms with E-state index in [1.54, 1.807) is 0 Å². The molecule has 0 unspecified atom stereocenters. The van der Waals surface area contributed by atoms with Gasteiger partial charge in [0.1, 0.15) is 0 Å². The Morgan fingerprint density at radius 2 is 1.17 bits per heavy atom. The first kappa shape index (κ1) is 16.0. The second kappa shape index (κ2) is 10.9. The van der Waals surface area contributed by atoms with Gasteiger partial charge in [-0.05, 0) is 0 Å². The Balaban J connectivity index is -0.0000000450. The monoisotopic (exact) mass is 154 g/mol. The molecule has 0 radical (unpaired) electrons. The second-order valence-corrected chi connectivity index (χ2v) is 0.583. The van der Waals surface area contributed by atoms with Crippen molar-refractivity contribution < 1.29 is 113 Å². The summed E-state index contributed by atoms with van der Waals surface area (Å²) in [6.07, 6.45) is 0. The van der Waals surface area contributed by atoms with E-state index in [1.165, 1.54) is 0 Å². The van der Waals surface area contributed by atoms with E-state index in [4.69, 9.17) is 10.2 Å². The van der Waals surface area contributed by atoms with Crippen molar-refractivity contribution in [1.82, 2.24) is 0 Å². The number of thiocarbonyl (C=S) groups is 1. The van der Waals surface area contributed by atoms with Crippen molar-refractivity contribution in [1.29, 1.82) is 0 Å². The normalized spacial score (nSPS) is 4.00. The Morgan fingerprint density at radius 1 is 1.17 bits per heavy atom. The van der Waals surface area contributed by atoms with E-state index in [2.05, 4.69) is 12.2 Å². The van der Waals surface area contributed by atoms with E-state index in [0.29, 0.717) is 0 Å². The summed E-state index contributed by atoms with van der Waals surface area (Å²) in [6, 6.07) is 0. The summed E-state index contributed by atoms with van der Waals surface area (Å²) in [5, 5.41) is 15.9. The van der Waals surface area contributed by atoms with Crippen molar-refractivity contribution in [2.75, 3.05) is 0 Å². The van der Waals surface area contributed by atoms with Crippen molar-refractivity contribution in [3.63, 3.8) is 0 Å². The van der Waals surface area contributed by atoms with Crippen LogP contribution in [-0.2, 0) is 0 Å². The van der Waals surface area contributed by atoms with Gasteiger partial charge in [0.15, 0.2) is 0 Å². The predicted molar refractivity (Wildman–Crippen MR) is 12.6 cm³/mol. The van der Waals surface area contributed by atoms with E-state index in [-0.39, 0.29) is 103 Å². The fourth-order valence-corrected chi connectivity index (χ4v) is 0. The Labute approximate surface area is 127 Å². The average molecular weight is 154 g/mol. The van der Waals surface area contributed by atoms with Gasteiger partial charge in [0.05, 0.1) is 0 Å². The van der Waals surface area contributed by atoms with Crippen LogP contribution in [-0.4, -0.2) is 5.24 Å². The standard InChI is InChI=1S/CH2O2S.2K/c2-1(3)4;;/h(H2,2,3,4);;/q;2*+1/p-2. The molecule has 5 heteroatoms. The predicted octanol–water partition coefficient (Wildman–Crippen LogP) is -8.00. The van der Waals surface area contributed by atoms with Crippen LogP contribution in [0.4, 0.5) is 0 Å². The van der Waals surface area contributed by atoms with E-state index in [9.17, 15) is 0 Å². The van der Waals surface area contributed by atoms with Gasteiger partial charge in [-0.2, -0.15) is 0 Å². The summed E-state index contributed by atoms with van der Waals surface area (Å²) in [4.78, 5) is 0. The second-order valence-electron chi connectivity index (χ2n) is 0.250. The largest absolute Gasteiger partial charge is 1.00 e. The van der Waals surface area contributed by atoms with Gasteiger partial charge in [0.2, 0.25) is 0 Å². The van der Waals surface area contributed by atoms with Crippen LogP contribution < -0.4 is 113 Å². The van der Waals surface area contributed by atoms with E-state index < -0.39 is 5.24 Å². The Kier molecular flexibility index (Phi) is 28.9. The zero-order valence-corrected chi connectivity index (χ0v) is 10.8. The zero-order valence-electron chi connectivity index (χ0n) is 3.72. The van der Waals surface area contributed by atoms with E-state index in [0.717, 1.165) is 0 Å².